The van der Waals surface area contributed by atoms with Crippen molar-refractivity contribution in [1.82, 2.24) is 0 Å². The SMILES string of the molecule is ClC1=CCC(Cl)=CC1. The van der Waals surface area contributed by atoms with Gasteiger partial charge in [0.1, 0.15) is 0 Å². The molecule has 0 heterocycles. The first-order valence-corrected chi connectivity index (χ1v) is 3.23. The number of halogens is 2. The molecule has 8 heavy (non-hydrogen) atoms. The highest BCUT2D eigenvalue weighted by Gasteiger charge is 1.98. The molecule has 0 radical (unpaired) electrons. The Morgan fingerprint density at radius 3 is 1.62 bits per heavy atom. The van der Waals surface area contributed by atoms with Crippen LogP contribution in [-0.2, 0) is 0 Å². The smallest absolute Gasteiger partial charge is 0.0183 e. The monoisotopic (exact) mass is 148 g/mol. The van der Waals surface area contributed by atoms with Gasteiger partial charge in [0, 0.05) is 22.9 Å². The topological polar surface area (TPSA) is 0 Å². The molecule has 0 N–H and O–H groups in total. The van der Waals surface area contributed by atoms with E-state index in [4.69, 9.17) is 23.2 Å². The minimum atomic E-state index is 0.806. The maximum absolute atomic E-state index is 5.64. The lowest BCUT2D eigenvalue weighted by Gasteiger charge is -2.01. The molecule has 1 rings (SSSR count). The van der Waals surface area contributed by atoms with Gasteiger partial charge in [0.15, 0.2) is 0 Å². The van der Waals surface area contributed by atoms with E-state index in [1.165, 1.54) is 0 Å². The minimum absolute atomic E-state index is 0.806. The molecule has 0 spiro atoms. The van der Waals surface area contributed by atoms with Crippen molar-refractivity contribution in [1.29, 1.82) is 0 Å². The number of hydrogen-bond donors (Lipinski definition) is 0. The van der Waals surface area contributed by atoms with Gasteiger partial charge >= 0.3 is 0 Å². The predicted octanol–water partition coefficient (Wildman–Crippen LogP) is 3.03. The Bertz CT molecular complexity index is 127. The highest BCUT2D eigenvalue weighted by Crippen LogP contribution is 2.21. The van der Waals surface area contributed by atoms with Crippen molar-refractivity contribution >= 4 is 23.2 Å². The molecular formula is C6H6Cl2. The molecule has 0 unspecified atom stereocenters. The molecular weight excluding hydrogens is 143 g/mol. The quantitative estimate of drug-likeness (QED) is 0.496. The summed E-state index contributed by atoms with van der Waals surface area (Å²) in [5, 5.41) is 1.80. The lowest BCUT2D eigenvalue weighted by atomic mass is 10.2. The number of hydrogen-bond acceptors (Lipinski definition) is 0. The molecule has 0 saturated carbocycles. The molecule has 1 aliphatic rings. The van der Waals surface area contributed by atoms with Crippen molar-refractivity contribution in [3.8, 4) is 0 Å². The molecule has 0 aromatic heterocycles. The van der Waals surface area contributed by atoms with Crippen molar-refractivity contribution in [2.24, 2.45) is 0 Å². The van der Waals surface area contributed by atoms with Crippen molar-refractivity contribution in [3.05, 3.63) is 22.2 Å². The van der Waals surface area contributed by atoms with Crippen molar-refractivity contribution in [3.63, 3.8) is 0 Å². The lowest BCUT2D eigenvalue weighted by molar-refractivity contribution is 1.18. The van der Waals surface area contributed by atoms with Crippen LogP contribution in [0.1, 0.15) is 12.8 Å². The molecule has 0 atom stereocenters. The normalized spacial score (nSPS) is 19.8. The lowest BCUT2D eigenvalue weighted by Crippen LogP contribution is -1.80. The van der Waals surface area contributed by atoms with Crippen LogP contribution in [0.4, 0.5) is 0 Å². The maximum atomic E-state index is 5.64. The maximum Gasteiger partial charge on any atom is 0.0183 e. The van der Waals surface area contributed by atoms with Crippen molar-refractivity contribution in [2.75, 3.05) is 0 Å². The molecule has 0 nitrogen and oxygen atoms in total. The Morgan fingerprint density at radius 2 is 1.38 bits per heavy atom. The van der Waals surface area contributed by atoms with Crippen LogP contribution in [0.3, 0.4) is 0 Å². The van der Waals surface area contributed by atoms with Gasteiger partial charge in [0.2, 0.25) is 0 Å². The van der Waals surface area contributed by atoms with Crippen LogP contribution >= 0.6 is 23.2 Å². The summed E-state index contributed by atoms with van der Waals surface area (Å²) in [7, 11) is 0. The van der Waals surface area contributed by atoms with E-state index in [2.05, 4.69) is 0 Å². The molecule has 0 bridgehead atoms. The predicted molar refractivity (Wildman–Crippen MR) is 37.1 cm³/mol. The Hall–Kier alpha value is 0.0600. The third-order valence-electron chi connectivity index (χ3n) is 1.04. The van der Waals surface area contributed by atoms with E-state index in [0.29, 0.717) is 0 Å². The zero-order chi connectivity index (χ0) is 5.98. The standard InChI is InChI=1S/C6H6Cl2/c7-5-1-2-6(8)4-3-5/h1,4H,2-3H2. The van der Waals surface area contributed by atoms with Crippen LogP contribution in [0.2, 0.25) is 0 Å². The second-order valence-electron chi connectivity index (χ2n) is 1.71. The molecule has 0 saturated heterocycles. The van der Waals surface area contributed by atoms with Gasteiger partial charge in [-0.25, -0.2) is 0 Å². The van der Waals surface area contributed by atoms with Gasteiger partial charge in [-0.3, -0.25) is 0 Å². The van der Waals surface area contributed by atoms with Crippen LogP contribution in [0, 0.1) is 0 Å². The van der Waals surface area contributed by atoms with E-state index < -0.39 is 0 Å². The minimum Gasteiger partial charge on any atom is -0.0891 e. The van der Waals surface area contributed by atoms with Crippen LogP contribution in [0.15, 0.2) is 22.2 Å². The van der Waals surface area contributed by atoms with E-state index in [1.807, 2.05) is 12.2 Å². The first kappa shape index (κ1) is 6.18. The highest BCUT2D eigenvalue weighted by molar-refractivity contribution is 6.32. The summed E-state index contributed by atoms with van der Waals surface area (Å²) in [6, 6.07) is 0. The van der Waals surface area contributed by atoms with Gasteiger partial charge < -0.3 is 0 Å². The summed E-state index contributed by atoms with van der Waals surface area (Å²) < 4.78 is 0. The molecule has 0 fully saturated rings. The third kappa shape index (κ3) is 1.53. The average Bonchev–Trinajstić information content (AvgIpc) is 1.77. The second-order valence-corrected chi connectivity index (χ2v) is 2.68. The van der Waals surface area contributed by atoms with E-state index in [-0.39, 0.29) is 0 Å². The number of allylic oxidation sites excluding steroid dienone is 4. The first-order valence-electron chi connectivity index (χ1n) is 2.48. The van der Waals surface area contributed by atoms with Crippen molar-refractivity contribution in [2.45, 2.75) is 12.8 Å². The number of rotatable bonds is 0. The molecule has 0 aromatic carbocycles. The van der Waals surface area contributed by atoms with Gasteiger partial charge in [-0.15, -0.1) is 0 Å². The Morgan fingerprint density at radius 1 is 1.00 bits per heavy atom. The molecule has 1 aliphatic carbocycles. The van der Waals surface area contributed by atoms with E-state index in [0.717, 1.165) is 22.9 Å². The van der Waals surface area contributed by atoms with Gasteiger partial charge in [0.05, 0.1) is 0 Å². The fourth-order valence-electron chi connectivity index (χ4n) is 0.583. The van der Waals surface area contributed by atoms with E-state index >= 15 is 0 Å². The fourth-order valence-corrected chi connectivity index (χ4v) is 0.892. The zero-order valence-electron chi connectivity index (χ0n) is 4.32. The third-order valence-corrected chi connectivity index (χ3v) is 1.65. The van der Waals surface area contributed by atoms with Gasteiger partial charge in [-0.05, 0) is 0 Å². The molecule has 2 heteroatoms. The van der Waals surface area contributed by atoms with Crippen molar-refractivity contribution < 1.29 is 0 Å². The molecule has 0 aromatic rings. The zero-order valence-corrected chi connectivity index (χ0v) is 5.84. The molecule has 0 aliphatic heterocycles. The van der Waals surface area contributed by atoms with Crippen LogP contribution in [-0.4, -0.2) is 0 Å². The van der Waals surface area contributed by atoms with E-state index in [9.17, 15) is 0 Å². The first-order chi connectivity index (χ1) is 3.79. The van der Waals surface area contributed by atoms with E-state index in [1.54, 1.807) is 0 Å². The summed E-state index contributed by atoms with van der Waals surface area (Å²) in [4.78, 5) is 0. The largest absolute Gasteiger partial charge is 0.0891 e. The average molecular weight is 149 g/mol. The summed E-state index contributed by atoms with van der Waals surface area (Å²) in [5.41, 5.74) is 0. The van der Waals surface area contributed by atoms with Crippen LogP contribution < -0.4 is 0 Å². The highest BCUT2D eigenvalue weighted by atomic mass is 35.5. The molecule has 0 amide bonds. The Balaban J connectivity index is 2.54. The second kappa shape index (κ2) is 2.56. The summed E-state index contributed by atoms with van der Waals surface area (Å²) in [6.07, 6.45) is 5.48. The molecule has 44 valence electrons. The van der Waals surface area contributed by atoms with Crippen LogP contribution in [0.25, 0.3) is 0 Å². The van der Waals surface area contributed by atoms with Crippen LogP contribution in [0.5, 0.6) is 0 Å². The fraction of sp³-hybridized carbons (Fsp3) is 0.333. The summed E-state index contributed by atoms with van der Waals surface area (Å²) in [5.74, 6) is 0. The summed E-state index contributed by atoms with van der Waals surface area (Å²) in [6.45, 7) is 0. The Kier molecular flexibility index (Phi) is 1.98. The summed E-state index contributed by atoms with van der Waals surface area (Å²) >= 11 is 11.3. The van der Waals surface area contributed by atoms with Gasteiger partial charge in [-0.2, -0.15) is 0 Å². The Labute approximate surface area is 58.8 Å². The van der Waals surface area contributed by atoms with Gasteiger partial charge in [-0.1, -0.05) is 35.4 Å². The van der Waals surface area contributed by atoms with Gasteiger partial charge in [0.25, 0.3) is 0 Å².